The van der Waals surface area contributed by atoms with Crippen LogP contribution >= 0.6 is 11.3 Å². The van der Waals surface area contributed by atoms with Crippen LogP contribution in [0.3, 0.4) is 0 Å². The van der Waals surface area contributed by atoms with Crippen LogP contribution in [0.1, 0.15) is 34.5 Å². The normalized spacial score (nSPS) is 14.5. The zero-order valence-electron chi connectivity index (χ0n) is 11.1. The maximum absolute atomic E-state index is 12.6. The Balaban J connectivity index is 2.18. The minimum atomic E-state index is -4.40. The van der Waals surface area contributed by atoms with Gasteiger partial charge in [0.2, 0.25) is 0 Å². The van der Waals surface area contributed by atoms with Gasteiger partial charge >= 0.3 is 6.18 Å². The molecule has 0 spiro atoms. The van der Waals surface area contributed by atoms with Crippen LogP contribution in [0.2, 0.25) is 0 Å². The van der Waals surface area contributed by atoms with E-state index in [0.717, 1.165) is 16.2 Å². The minimum Gasteiger partial charge on any atom is -0.395 e. The third-order valence-electron chi connectivity index (χ3n) is 2.92. The lowest BCUT2D eigenvalue weighted by Gasteiger charge is -2.23. The van der Waals surface area contributed by atoms with E-state index in [1.54, 1.807) is 11.4 Å². The highest BCUT2D eigenvalue weighted by Gasteiger charge is 2.41. The van der Waals surface area contributed by atoms with Crippen LogP contribution in [-0.4, -0.2) is 41.3 Å². The fourth-order valence-corrected chi connectivity index (χ4v) is 2.67. The van der Waals surface area contributed by atoms with Gasteiger partial charge in [0.25, 0.3) is 5.91 Å². The Labute approximate surface area is 124 Å². The van der Waals surface area contributed by atoms with Gasteiger partial charge in [-0.25, -0.2) is 0 Å². The number of hydrogen-bond acceptors (Lipinski definition) is 3. The molecule has 3 nitrogen and oxygen atoms in total. The molecule has 7 heteroatoms. The molecule has 0 atom stereocenters. The summed E-state index contributed by atoms with van der Waals surface area (Å²) in [5.41, 5.74) is 0.422. The van der Waals surface area contributed by atoms with Gasteiger partial charge in [-0.15, -0.1) is 11.3 Å². The van der Waals surface area contributed by atoms with Gasteiger partial charge in [-0.2, -0.15) is 13.2 Å². The lowest BCUT2D eigenvalue weighted by molar-refractivity contribution is -0.141. The number of aliphatic hydroxyl groups is 1. The maximum atomic E-state index is 12.6. The van der Waals surface area contributed by atoms with E-state index in [0.29, 0.717) is 18.4 Å². The Bertz CT molecular complexity index is 567. The Morgan fingerprint density at radius 1 is 1.48 bits per heavy atom. The first-order valence-electron chi connectivity index (χ1n) is 6.47. The SMILES string of the molecule is O=C(c1sccc1C#CCCO)N(CC(F)(F)F)C1CC1. The monoisotopic (exact) mass is 317 g/mol. The molecule has 0 aliphatic heterocycles. The van der Waals surface area contributed by atoms with Crippen molar-refractivity contribution in [2.75, 3.05) is 13.2 Å². The van der Waals surface area contributed by atoms with E-state index in [9.17, 15) is 18.0 Å². The van der Waals surface area contributed by atoms with Gasteiger partial charge < -0.3 is 10.0 Å². The van der Waals surface area contributed by atoms with Crippen molar-refractivity contribution in [3.05, 3.63) is 21.9 Å². The van der Waals surface area contributed by atoms with Crippen molar-refractivity contribution in [1.82, 2.24) is 4.90 Å². The quantitative estimate of drug-likeness (QED) is 0.867. The molecular weight excluding hydrogens is 303 g/mol. The fourth-order valence-electron chi connectivity index (χ4n) is 1.86. The Morgan fingerprint density at radius 2 is 2.19 bits per heavy atom. The zero-order valence-corrected chi connectivity index (χ0v) is 11.9. The summed E-state index contributed by atoms with van der Waals surface area (Å²) in [6.07, 6.45) is -2.92. The molecule has 1 saturated carbocycles. The molecule has 0 radical (unpaired) electrons. The number of rotatable bonds is 4. The number of carbonyl (C=O) groups excluding carboxylic acids is 1. The first-order chi connectivity index (χ1) is 9.92. The number of aliphatic hydroxyl groups excluding tert-OH is 1. The van der Waals surface area contributed by atoms with Crippen molar-refractivity contribution in [2.24, 2.45) is 0 Å². The molecule has 1 N–H and O–H groups in total. The number of nitrogens with zero attached hydrogens (tertiary/aromatic N) is 1. The summed E-state index contributed by atoms with van der Waals surface area (Å²) >= 11 is 1.09. The van der Waals surface area contributed by atoms with E-state index in [4.69, 9.17) is 5.11 Å². The number of carbonyl (C=O) groups is 1. The van der Waals surface area contributed by atoms with Gasteiger partial charge in [0.05, 0.1) is 6.61 Å². The lowest BCUT2D eigenvalue weighted by Crippen LogP contribution is -2.40. The molecule has 0 bridgehead atoms. The van der Waals surface area contributed by atoms with E-state index in [1.807, 2.05) is 0 Å². The van der Waals surface area contributed by atoms with Gasteiger partial charge in [-0.05, 0) is 24.3 Å². The summed E-state index contributed by atoms with van der Waals surface area (Å²) in [7, 11) is 0. The highest BCUT2D eigenvalue weighted by molar-refractivity contribution is 7.12. The molecule has 2 rings (SSSR count). The largest absolute Gasteiger partial charge is 0.406 e. The first kappa shape index (κ1) is 15.9. The summed E-state index contributed by atoms with van der Waals surface area (Å²) in [6.45, 7) is -1.32. The second-order valence-corrected chi connectivity index (χ2v) is 5.63. The van der Waals surface area contributed by atoms with Gasteiger partial charge in [0.1, 0.15) is 11.4 Å². The molecule has 1 aromatic heterocycles. The third-order valence-corrected chi connectivity index (χ3v) is 3.82. The fraction of sp³-hybridized carbons (Fsp3) is 0.500. The molecule has 1 fully saturated rings. The van der Waals surface area contributed by atoms with Crippen LogP contribution in [0.4, 0.5) is 13.2 Å². The molecular formula is C14H14F3NO2S. The second kappa shape index (κ2) is 6.50. The van der Waals surface area contributed by atoms with Crippen LogP contribution in [-0.2, 0) is 0 Å². The molecule has 1 aliphatic carbocycles. The van der Waals surface area contributed by atoms with E-state index in [2.05, 4.69) is 11.8 Å². The van der Waals surface area contributed by atoms with Crippen molar-refractivity contribution >= 4 is 17.2 Å². The van der Waals surface area contributed by atoms with Gasteiger partial charge in [-0.3, -0.25) is 4.79 Å². The van der Waals surface area contributed by atoms with Crippen molar-refractivity contribution in [1.29, 1.82) is 0 Å². The molecule has 0 aromatic carbocycles. The minimum absolute atomic E-state index is 0.0946. The van der Waals surface area contributed by atoms with Crippen molar-refractivity contribution in [3.63, 3.8) is 0 Å². The van der Waals surface area contributed by atoms with Crippen LogP contribution in [0.15, 0.2) is 11.4 Å². The number of alkyl halides is 3. The van der Waals surface area contributed by atoms with Crippen LogP contribution < -0.4 is 0 Å². The molecule has 1 heterocycles. The maximum Gasteiger partial charge on any atom is 0.406 e. The molecule has 0 saturated heterocycles. The highest BCUT2D eigenvalue weighted by atomic mass is 32.1. The van der Waals surface area contributed by atoms with Gasteiger partial charge in [0.15, 0.2) is 0 Å². The molecule has 0 unspecified atom stereocenters. The highest BCUT2D eigenvalue weighted by Crippen LogP contribution is 2.32. The predicted octanol–water partition coefficient (Wildman–Crippen LogP) is 2.65. The van der Waals surface area contributed by atoms with Crippen molar-refractivity contribution in [2.45, 2.75) is 31.5 Å². The van der Waals surface area contributed by atoms with Gasteiger partial charge in [0, 0.05) is 18.0 Å². The molecule has 1 aliphatic rings. The van der Waals surface area contributed by atoms with Crippen molar-refractivity contribution < 1.29 is 23.1 Å². The van der Waals surface area contributed by atoms with Crippen molar-refractivity contribution in [3.8, 4) is 11.8 Å². The molecule has 21 heavy (non-hydrogen) atoms. The van der Waals surface area contributed by atoms with Crippen LogP contribution in [0, 0.1) is 11.8 Å². The standard InChI is InChI=1S/C14H14F3NO2S/c15-14(16,17)9-18(11-4-5-11)13(20)12-10(6-8-21-12)3-1-2-7-19/h6,8,11,19H,2,4-5,7,9H2. The number of thiophene rings is 1. The summed E-state index contributed by atoms with van der Waals surface area (Å²) in [5, 5.41) is 10.3. The summed E-state index contributed by atoms with van der Waals surface area (Å²) < 4.78 is 37.8. The first-order valence-corrected chi connectivity index (χ1v) is 7.35. The van der Waals surface area contributed by atoms with Gasteiger partial charge in [-0.1, -0.05) is 11.8 Å². The number of hydrogen-bond donors (Lipinski definition) is 1. The molecule has 1 amide bonds. The van der Waals surface area contributed by atoms with E-state index in [-0.39, 0.29) is 23.9 Å². The van der Waals surface area contributed by atoms with E-state index < -0.39 is 18.6 Å². The number of halogens is 3. The average molecular weight is 317 g/mol. The van der Waals surface area contributed by atoms with E-state index in [1.165, 1.54) is 0 Å². The molecule has 1 aromatic rings. The smallest absolute Gasteiger partial charge is 0.395 e. The Morgan fingerprint density at radius 3 is 2.76 bits per heavy atom. The summed E-state index contributed by atoms with van der Waals surface area (Å²) in [6, 6.07) is 1.29. The zero-order chi connectivity index (χ0) is 15.5. The predicted molar refractivity (Wildman–Crippen MR) is 73.0 cm³/mol. The Hall–Kier alpha value is -1.52. The second-order valence-electron chi connectivity index (χ2n) is 4.72. The summed E-state index contributed by atoms with van der Waals surface area (Å²) in [5.74, 6) is 4.79. The Kier molecular flexibility index (Phi) is 4.91. The third kappa shape index (κ3) is 4.48. The topological polar surface area (TPSA) is 40.5 Å². The molecule has 114 valence electrons. The summed E-state index contributed by atoms with van der Waals surface area (Å²) in [4.78, 5) is 13.5. The average Bonchev–Trinajstić information content (AvgIpc) is 3.14. The van der Waals surface area contributed by atoms with E-state index >= 15 is 0 Å². The lowest BCUT2D eigenvalue weighted by atomic mass is 10.2. The van der Waals surface area contributed by atoms with Crippen LogP contribution in [0.25, 0.3) is 0 Å². The van der Waals surface area contributed by atoms with Crippen LogP contribution in [0.5, 0.6) is 0 Å². The number of amides is 1.